The molecular weight excluding hydrogens is 402 g/mol. The maximum absolute atomic E-state index is 12.9. The van der Waals surface area contributed by atoms with Crippen LogP contribution in [0.5, 0.6) is 5.75 Å². The van der Waals surface area contributed by atoms with Crippen LogP contribution in [0.25, 0.3) is 5.76 Å². The molecule has 1 aliphatic rings. The average Bonchev–Trinajstić information content (AvgIpc) is 2.99. The molecule has 158 valence electrons. The number of Topliss-reactive ketones (excluding diaryl/α,β-unsaturated/α-hetero) is 1. The second-order valence-electron chi connectivity index (χ2n) is 7.66. The van der Waals surface area contributed by atoms with Gasteiger partial charge in [0, 0.05) is 12.1 Å². The molecule has 1 amide bonds. The van der Waals surface area contributed by atoms with Crippen LogP contribution in [0.2, 0.25) is 5.02 Å². The first-order chi connectivity index (χ1) is 14.3. The quantitative estimate of drug-likeness (QED) is 0.385. The van der Waals surface area contributed by atoms with Gasteiger partial charge in [-0.15, -0.1) is 0 Å². The number of ketones is 1. The van der Waals surface area contributed by atoms with E-state index in [1.807, 2.05) is 31.2 Å². The highest BCUT2D eigenvalue weighted by Gasteiger charge is 2.45. The zero-order valence-corrected chi connectivity index (χ0v) is 18.4. The summed E-state index contributed by atoms with van der Waals surface area (Å²) in [5.41, 5.74) is 2.23. The van der Waals surface area contributed by atoms with Crippen molar-refractivity contribution >= 4 is 29.1 Å². The highest BCUT2D eigenvalue weighted by molar-refractivity contribution is 6.47. The minimum absolute atomic E-state index is 0.0425. The maximum Gasteiger partial charge on any atom is 0.295 e. The van der Waals surface area contributed by atoms with Gasteiger partial charge in [-0.1, -0.05) is 56.6 Å². The fourth-order valence-electron chi connectivity index (χ4n) is 3.72. The largest absolute Gasteiger partial charge is 0.507 e. The Morgan fingerprint density at radius 3 is 2.40 bits per heavy atom. The Bertz CT molecular complexity index is 995. The van der Waals surface area contributed by atoms with E-state index in [0.717, 1.165) is 11.1 Å². The molecule has 0 bridgehead atoms. The van der Waals surface area contributed by atoms with E-state index in [4.69, 9.17) is 16.3 Å². The number of halogens is 1. The minimum Gasteiger partial charge on any atom is -0.507 e. The van der Waals surface area contributed by atoms with Crippen LogP contribution in [0.1, 0.15) is 55.8 Å². The molecule has 1 atom stereocenters. The molecule has 1 aliphatic heterocycles. The first-order valence-corrected chi connectivity index (χ1v) is 10.4. The van der Waals surface area contributed by atoms with Crippen molar-refractivity contribution in [2.75, 3.05) is 13.7 Å². The molecule has 30 heavy (non-hydrogen) atoms. The first-order valence-electron chi connectivity index (χ1n) is 10.0. The Morgan fingerprint density at radius 1 is 1.17 bits per heavy atom. The number of likely N-dealkylation sites (tertiary alicyclic amines) is 1. The molecule has 2 aromatic carbocycles. The molecule has 1 heterocycles. The Labute approximate surface area is 181 Å². The molecule has 1 saturated heterocycles. The van der Waals surface area contributed by atoms with E-state index in [2.05, 4.69) is 13.8 Å². The summed E-state index contributed by atoms with van der Waals surface area (Å²) in [6, 6.07) is 11.9. The average molecular weight is 428 g/mol. The van der Waals surface area contributed by atoms with Crippen molar-refractivity contribution in [3.05, 3.63) is 69.8 Å². The summed E-state index contributed by atoms with van der Waals surface area (Å²) in [6.45, 7) is 6.55. The number of hydrogen-bond donors (Lipinski definition) is 1. The molecule has 6 heteroatoms. The maximum atomic E-state index is 12.9. The van der Waals surface area contributed by atoms with Gasteiger partial charge >= 0.3 is 0 Å². The van der Waals surface area contributed by atoms with E-state index in [0.29, 0.717) is 24.6 Å². The molecule has 1 N–H and O–H groups in total. The smallest absolute Gasteiger partial charge is 0.295 e. The number of benzene rings is 2. The Balaban J connectivity index is 2.20. The molecule has 2 aromatic rings. The van der Waals surface area contributed by atoms with Crippen LogP contribution in [0.4, 0.5) is 0 Å². The topological polar surface area (TPSA) is 66.8 Å². The van der Waals surface area contributed by atoms with Crippen molar-refractivity contribution in [3.63, 3.8) is 0 Å². The van der Waals surface area contributed by atoms with E-state index >= 15 is 0 Å². The van der Waals surface area contributed by atoms with Gasteiger partial charge in [-0.05, 0) is 41.7 Å². The third-order valence-corrected chi connectivity index (χ3v) is 5.68. The van der Waals surface area contributed by atoms with E-state index in [-0.39, 0.29) is 21.9 Å². The molecule has 5 nitrogen and oxygen atoms in total. The van der Waals surface area contributed by atoms with Crippen LogP contribution in [0.3, 0.4) is 0 Å². The summed E-state index contributed by atoms with van der Waals surface area (Å²) in [6.07, 6.45) is 0.688. The van der Waals surface area contributed by atoms with Crippen LogP contribution in [0, 0.1) is 0 Å². The highest BCUT2D eigenvalue weighted by atomic mass is 35.5. The lowest BCUT2D eigenvalue weighted by molar-refractivity contribution is -0.139. The third kappa shape index (κ3) is 3.94. The van der Waals surface area contributed by atoms with Crippen molar-refractivity contribution < 1.29 is 19.4 Å². The van der Waals surface area contributed by atoms with E-state index in [1.165, 1.54) is 12.0 Å². The van der Waals surface area contributed by atoms with E-state index in [9.17, 15) is 14.7 Å². The number of aliphatic hydroxyl groups is 1. The lowest BCUT2D eigenvalue weighted by Crippen LogP contribution is -2.30. The molecule has 0 saturated carbocycles. The van der Waals surface area contributed by atoms with Crippen molar-refractivity contribution in [1.82, 2.24) is 4.90 Å². The van der Waals surface area contributed by atoms with E-state index in [1.54, 1.807) is 18.2 Å². The van der Waals surface area contributed by atoms with Gasteiger partial charge in [0.2, 0.25) is 0 Å². The number of rotatable bonds is 6. The zero-order valence-electron chi connectivity index (χ0n) is 17.6. The van der Waals surface area contributed by atoms with Gasteiger partial charge in [-0.2, -0.15) is 0 Å². The Morgan fingerprint density at radius 2 is 1.83 bits per heavy atom. The summed E-state index contributed by atoms with van der Waals surface area (Å²) >= 11 is 6.30. The standard InChI is InChI=1S/C24H26ClNO4/c1-5-12-26-21(16-8-6-15(7-9-16)14(2)3)20(23(28)24(26)29)22(27)18-13-17(30-4)10-11-19(18)25/h6-11,13-14,21,27H,5,12H2,1-4H3/b22-20+. The molecule has 0 aromatic heterocycles. The zero-order chi connectivity index (χ0) is 22.0. The van der Waals surface area contributed by atoms with Crippen molar-refractivity contribution in [1.29, 1.82) is 0 Å². The number of hydrogen-bond acceptors (Lipinski definition) is 4. The summed E-state index contributed by atoms with van der Waals surface area (Å²) in [5.74, 6) is -0.778. The number of amides is 1. The SMILES string of the molecule is CCCN1C(=O)C(=O)/C(=C(/O)c2cc(OC)ccc2Cl)C1c1ccc(C(C)C)cc1. The summed E-state index contributed by atoms with van der Waals surface area (Å²) < 4.78 is 5.22. The fraction of sp³-hybridized carbons (Fsp3) is 0.333. The van der Waals surface area contributed by atoms with Crippen LogP contribution >= 0.6 is 11.6 Å². The lowest BCUT2D eigenvalue weighted by atomic mass is 9.93. The first kappa shape index (κ1) is 21.9. The summed E-state index contributed by atoms with van der Waals surface area (Å²) in [5, 5.41) is 11.4. The van der Waals surface area contributed by atoms with Crippen molar-refractivity contribution in [2.24, 2.45) is 0 Å². The molecule has 1 unspecified atom stereocenters. The predicted octanol–water partition coefficient (Wildman–Crippen LogP) is 5.30. The van der Waals surface area contributed by atoms with Gasteiger partial charge in [0.05, 0.1) is 23.7 Å². The molecule has 1 fully saturated rings. The van der Waals surface area contributed by atoms with Gasteiger partial charge in [0.1, 0.15) is 11.5 Å². The predicted molar refractivity (Wildman–Crippen MR) is 118 cm³/mol. The Hall–Kier alpha value is -2.79. The molecular formula is C24H26ClNO4. The minimum atomic E-state index is -0.710. The monoisotopic (exact) mass is 427 g/mol. The lowest BCUT2D eigenvalue weighted by Gasteiger charge is -2.25. The van der Waals surface area contributed by atoms with Crippen LogP contribution in [-0.2, 0) is 9.59 Å². The van der Waals surface area contributed by atoms with Crippen molar-refractivity contribution in [3.8, 4) is 5.75 Å². The second-order valence-corrected chi connectivity index (χ2v) is 8.07. The second kappa shape index (κ2) is 8.92. The molecule has 0 spiro atoms. The number of carbonyl (C=O) groups is 2. The van der Waals surface area contributed by atoms with Crippen LogP contribution in [-0.4, -0.2) is 35.4 Å². The van der Waals surface area contributed by atoms with Gasteiger partial charge < -0.3 is 14.7 Å². The Kier molecular flexibility index (Phi) is 6.52. The number of ether oxygens (including phenoxy) is 1. The highest BCUT2D eigenvalue weighted by Crippen LogP contribution is 2.41. The number of carbonyl (C=O) groups excluding carboxylic acids is 2. The van der Waals surface area contributed by atoms with E-state index < -0.39 is 17.7 Å². The number of methoxy groups -OCH3 is 1. The summed E-state index contributed by atoms with van der Waals surface area (Å²) in [4.78, 5) is 27.2. The molecule has 3 rings (SSSR count). The number of aliphatic hydroxyl groups excluding tert-OH is 1. The van der Waals surface area contributed by atoms with Crippen molar-refractivity contribution in [2.45, 2.75) is 39.2 Å². The molecule has 0 aliphatic carbocycles. The fourth-order valence-corrected chi connectivity index (χ4v) is 3.93. The van der Waals surface area contributed by atoms with Gasteiger partial charge in [-0.25, -0.2) is 0 Å². The van der Waals surface area contributed by atoms with Gasteiger partial charge in [0.15, 0.2) is 0 Å². The van der Waals surface area contributed by atoms with Crippen LogP contribution < -0.4 is 4.74 Å². The number of nitrogens with zero attached hydrogens (tertiary/aromatic N) is 1. The third-order valence-electron chi connectivity index (χ3n) is 5.35. The van der Waals surface area contributed by atoms with Gasteiger partial charge in [-0.3, -0.25) is 9.59 Å². The summed E-state index contributed by atoms with van der Waals surface area (Å²) in [7, 11) is 1.50. The van der Waals surface area contributed by atoms with Gasteiger partial charge in [0.25, 0.3) is 11.7 Å². The van der Waals surface area contributed by atoms with Crippen LogP contribution in [0.15, 0.2) is 48.0 Å². The normalized spacial score (nSPS) is 18.3. The molecule has 0 radical (unpaired) electrons.